The molecule has 23 heavy (non-hydrogen) atoms. The van der Waals surface area contributed by atoms with Gasteiger partial charge in [-0.3, -0.25) is 13.9 Å². The summed E-state index contributed by atoms with van der Waals surface area (Å²) >= 11 is 0. The third-order valence-electron chi connectivity index (χ3n) is 4.04. The molecule has 2 aromatic carbocycles. The average Bonchev–Trinajstić information content (AvgIpc) is 2.74. The number of anilines is 1. The number of aromatic nitrogens is 2. The van der Waals surface area contributed by atoms with Crippen LogP contribution in [-0.2, 0) is 25.3 Å². The third kappa shape index (κ3) is 2.90. The summed E-state index contributed by atoms with van der Waals surface area (Å²) in [7, 11) is 3.48. The maximum absolute atomic E-state index is 12.2. The van der Waals surface area contributed by atoms with Crippen LogP contribution in [0.4, 0.5) is 5.69 Å². The summed E-state index contributed by atoms with van der Waals surface area (Å²) in [6, 6.07) is 13.4. The van der Waals surface area contributed by atoms with Crippen molar-refractivity contribution >= 4 is 22.6 Å². The van der Waals surface area contributed by atoms with Crippen molar-refractivity contribution in [3.63, 3.8) is 0 Å². The van der Waals surface area contributed by atoms with Crippen LogP contribution >= 0.6 is 0 Å². The number of imidazole rings is 1. The highest BCUT2D eigenvalue weighted by Gasteiger charge is 2.10. The number of amides is 1. The number of carbonyl (C=O) groups is 1. The van der Waals surface area contributed by atoms with E-state index in [1.54, 1.807) is 23.2 Å². The van der Waals surface area contributed by atoms with Gasteiger partial charge in [-0.05, 0) is 36.8 Å². The molecule has 0 aliphatic rings. The van der Waals surface area contributed by atoms with Crippen LogP contribution in [0.1, 0.15) is 11.1 Å². The maximum Gasteiger partial charge on any atom is 0.328 e. The fourth-order valence-corrected chi connectivity index (χ4v) is 2.69. The molecule has 0 bridgehead atoms. The Morgan fingerprint density at radius 3 is 2.35 bits per heavy atom. The molecule has 0 aliphatic heterocycles. The highest BCUT2D eigenvalue weighted by Crippen LogP contribution is 2.15. The molecule has 5 heteroatoms. The Kier molecular flexibility index (Phi) is 3.78. The summed E-state index contributed by atoms with van der Waals surface area (Å²) in [5.41, 5.74) is 4.44. The van der Waals surface area contributed by atoms with Crippen molar-refractivity contribution in [1.29, 1.82) is 0 Å². The van der Waals surface area contributed by atoms with Gasteiger partial charge in [0.1, 0.15) is 0 Å². The molecular formula is C18H19N3O2. The number of aryl methyl sites for hydroxylation is 3. The van der Waals surface area contributed by atoms with Gasteiger partial charge in [0.05, 0.1) is 17.5 Å². The molecule has 0 unspecified atom stereocenters. The predicted molar refractivity (Wildman–Crippen MR) is 91.7 cm³/mol. The molecule has 3 rings (SSSR count). The molecular weight excluding hydrogens is 290 g/mol. The van der Waals surface area contributed by atoms with Crippen LogP contribution in [0.2, 0.25) is 0 Å². The molecule has 0 radical (unpaired) electrons. The lowest BCUT2D eigenvalue weighted by molar-refractivity contribution is -0.115. The molecule has 1 heterocycles. The number of benzene rings is 2. The lowest BCUT2D eigenvalue weighted by Crippen LogP contribution is -2.19. The smallest absolute Gasteiger partial charge is 0.326 e. The van der Waals surface area contributed by atoms with Gasteiger partial charge in [-0.15, -0.1) is 0 Å². The summed E-state index contributed by atoms with van der Waals surface area (Å²) in [6.07, 6.45) is 0.271. The average molecular weight is 309 g/mol. The van der Waals surface area contributed by atoms with E-state index in [-0.39, 0.29) is 18.0 Å². The van der Waals surface area contributed by atoms with E-state index in [0.29, 0.717) is 0 Å². The summed E-state index contributed by atoms with van der Waals surface area (Å²) < 4.78 is 3.20. The number of rotatable bonds is 3. The lowest BCUT2D eigenvalue weighted by atomic mass is 10.1. The summed E-state index contributed by atoms with van der Waals surface area (Å²) in [5, 5.41) is 2.88. The Hall–Kier alpha value is -2.82. The van der Waals surface area contributed by atoms with Crippen molar-refractivity contribution in [3.8, 4) is 0 Å². The van der Waals surface area contributed by atoms with Gasteiger partial charge in [0, 0.05) is 19.8 Å². The zero-order chi connectivity index (χ0) is 16.6. The Balaban J connectivity index is 1.81. The number of fused-ring (bicyclic) bond motifs is 1. The van der Waals surface area contributed by atoms with E-state index in [0.717, 1.165) is 27.8 Å². The maximum atomic E-state index is 12.2. The van der Waals surface area contributed by atoms with Gasteiger partial charge in [-0.1, -0.05) is 23.8 Å². The van der Waals surface area contributed by atoms with Crippen LogP contribution < -0.4 is 11.0 Å². The van der Waals surface area contributed by atoms with E-state index in [1.807, 2.05) is 49.4 Å². The standard InChI is InChI=1S/C18H19N3O2/c1-12-4-7-14(8-5-12)19-17(22)11-13-6-9-15-16(10-13)21(3)18(23)20(15)2/h4-10H,11H2,1-3H3,(H,19,22). The van der Waals surface area contributed by atoms with Crippen LogP contribution in [-0.4, -0.2) is 15.0 Å². The first-order chi connectivity index (χ1) is 11.0. The molecule has 0 fully saturated rings. The number of hydrogen-bond acceptors (Lipinski definition) is 2. The van der Waals surface area contributed by atoms with Crippen molar-refractivity contribution in [2.24, 2.45) is 14.1 Å². The summed E-state index contributed by atoms with van der Waals surface area (Å²) in [6.45, 7) is 2.00. The molecule has 5 nitrogen and oxygen atoms in total. The molecule has 1 N–H and O–H groups in total. The highest BCUT2D eigenvalue weighted by molar-refractivity contribution is 5.92. The number of nitrogens with zero attached hydrogens (tertiary/aromatic N) is 2. The van der Waals surface area contributed by atoms with Crippen LogP contribution in [0.5, 0.6) is 0 Å². The molecule has 1 amide bonds. The first-order valence-corrected chi connectivity index (χ1v) is 7.46. The van der Waals surface area contributed by atoms with Gasteiger partial charge in [-0.2, -0.15) is 0 Å². The lowest BCUT2D eigenvalue weighted by Gasteiger charge is -2.06. The second-order valence-electron chi connectivity index (χ2n) is 5.81. The minimum atomic E-state index is -0.0749. The van der Waals surface area contributed by atoms with Crippen LogP contribution in [0.25, 0.3) is 11.0 Å². The number of nitrogens with one attached hydrogen (secondary N) is 1. The van der Waals surface area contributed by atoms with Gasteiger partial charge in [0.15, 0.2) is 0 Å². The fraction of sp³-hybridized carbons (Fsp3) is 0.222. The molecule has 0 saturated heterocycles. The minimum absolute atomic E-state index is 0.0683. The second kappa shape index (κ2) is 5.76. The molecule has 0 saturated carbocycles. The third-order valence-corrected chi connectivity index (χ3v) is 4.04. The van der Waals surface area contributed by atoms with Gasteiger partial charge >= 0.3 is 5.69 Å². The predicted octanol–water partition coefficient (Wildman–Crippen LogP) is 2.37. The van der Waals surface area contributed by atoms with Gasteiger partial charge in [0.2, 0.25) is 5.91 Å². The van der Waals surface area contributed by atoms with Gasteiger partial charge in [-0.25, -0.2) is 4.79 Å². The van der Waals surface area contributed by atoms with Gasteiger partial charge < -0.3 is 5.32 Å². The largest absolute Gasteiger partial charge is 0.328 e. The second-order valence-corrected chi connectivity index (χ2v) is 5.81. The molecule has 118 valence electrons. The number of hydrogen-bond donors (Lipinski definition) is 1. The monoisotopic (exact) mass is 309 g/mol. The van der Waals surface area contributed by atoms with Crippen LogP contribution in [0, 0.1) is 6.92 Å². The van der Waals surface area contributed by atoms with Crippen molar-refractivity contribution < 1.29 is 4.79 Å². The van der Waals surface area contributed by atoms with E-state index in [4.69, 9.17) is 0 Å². The zero-order valence-electron chi connectivity index (χ0n) is 13.5. The minimum Gasteiger partial charge on any atom is -0.326 e. The van der Waals surface area contributed by atoms with E-state index >= 15 is 0 Å². The zero-order valence-corrected chi connectivity index (χ0v) is 13.5. The Morgan fingerprint density at radius 2 is 1.65 bits per heavy atom. The Labute approximate surface area is 134 Å². The highest BCUT2D eigenvalue weighted by atomic mass is 16.2. The van der Waals surface area contributed by atoms with Crippen LogP contribution in [0.3, 0.4) is 0 Å². The normalized spacial score (nSPS) is 10.9. The van der Waals surface area contributed by atoms with Crippen molar-refractivity contribution in [1.82, 2.24) is 9.13 Å². The van der Waals surface area contributed by atoms with Gasteiger partial charge in [0.25, 0.3) is 0 Å². The number of carbonyl (C=O) groups excluding carboxylic acids is 1. The summed E-state index contributed by atoms with van der Waals surface area (Å²) in [4.78, 5) is 24.1. The molecule has 3 aromatic rings. The first-order valence-electron chi connectivity index (χ1n) is 7.46. The van der Waals surface area contributed by atoms with E-state index in [2.05, 4.69) is 5.32 Å². The van der Waals surface area contributed by atoms with Crippen molar-refractivity contribution in [2.75, 3.05) is 5.32 Å². The van der Waals surface area contributed by atoms with E-state index in [9.17, 15) is 9.59 Å². The summed E-state index contributed by atoms with van der Waals surface area (Å²) in [5.74, 6) is -0.0749. The SMILES string of the molecule is Cc1ccc(NC(=O)Cc2ccc3c(c2)n(C)c(=O)n3C)cc1. The Morgan fingerprint density at radius 1 is 1.00 bits per heavy atom. The quantitative estimate of drug-likeness (QED) is 0.807. The van der Waals surface area contributed by atoms with Crippen molar-refractivity contribution in [3.05, 3.63) is 64.1 Å². The van der Waals surface area contributed by atoms with E-state index in [1.165, 1.54) is 0 Å². The van der Waals surface area contributed by atoms with E-state index < -0.39 is 0 Å². The Bertz CT molecular complexity index is 933. The first kappa shape index (κ1) is 15.1. The van der Waals surface area contributed by atoms with Crippen LogP contribution in [0.15, 0.2) is 47.3 Å². The molecule has 0 spiro atoms. The molecule has 1 aromatic heterocycles. The topological polar surface area (TPSA) is 56.0 Å². The molecule has 0 aliphatic carbocycles. The molecule has 0 atom stereocenters. The van der Waals surface area contributed by atoms with Crippen molar-refractivity contribution in [2.45, 2.75) is 13.3 Å². The fourth-order valence-electron chi connectivity index (χ4n) is 2.69.